The lowest BCUT2D eigenvalue weighted by Crippen LogP contribution is -2.55. The Balaban J connectivity index is 1.41. The maximum atomic E-state index is 6.56. The highest BCUT2D eigenvalue weighted by Crippen LogP contribution is 2.49. The van der Waals surface area contributed by atoms with E-state index in [1.54, 1.807) is 0 Å². The van der Waals surface area contributed by atoms with Gasteiger partial charge in [-0.3, -0.25) is 0 Å². The van der Waals surface area contributed by atoms with Crippen molar-refractivity contribution in [1.82, 2.24) is 4.90 Å². The molecule has 1 aromatic heterocycles. The minimum Gasteiger partial charge on any atom is -0.463 e. The van der Waals surface area contributed by atoms with Gasteiger partial charge < -0.3 is 14.5 Å². The van der Waals surface area contributed by atoms with Crippen LogP contribution < -0.4 is 9.64 Å². The first-order chi connectivity index (χ1) is 13.8. The Hall–Kier alpha value is -2.04. The van der Waals surface area contributed by atoms with Crippen LogP contribution in [0.5, 0.6) is 5.75 Å². The van der Waals surface area contributed by atoms with Gasteiger partial charge in [-0.15, -0.1) is 11.3 Å². The topological polar surface area (TPSA) is 15.7 Å². The molecule has 3 aromatic rings. The molecule has 144 valence electrons. The van der Waals surface area contributed by atoms with Gasteiger partial charge in [-0.2, -0.15) is 0 Å². The number of fused-ring (bicyclic) bond motifs is 4. The van der Waals surface area contributed by atoms with Crippen LogP contribution in [0.1, 0.15) is 43.2 Å². The molecule has 3 atom stereocenters. The van der Waals surface area contributed by atoms with Crippen LogP contribution in [0.15, 0.2) is 54.6 Å². The van der Waals surface area contributed by atoms with Gasteiger partial charge >= 0.3 is 0 Å². The van der Waals surface area contributed by atoms with Crippen LogP contribution in [0.3, 0.4) is 0 Å². The minimum absolute atomic E-state index is 0.00364. The van der Waals surface area contributed by atoms with Crippen molar-refractivity contribution in [2.45, 2.75) is 56.5 Å². The highest BCUT2D eigenvalue weighted by molar-refractivity contribution is 7.19. The zero-order valence-electron chi connectivity index (χ0n) is 16.3. The number of nitrogens with zero attached hydrogens (tertiary/aromatic N) is 2. The molecule has 0 spiro atoms. The number of thiophene rings is 1. The van der Waals surface area contributed by atoms with Gasteiger partial charge in [0, 0.05) is 22.8 Å². The Bertz CT molecular complexity index is 968. The fraction of sp³-hybridized carbons (Fsp3) is 0.417. The van der Waals surface area contributed by atoms with Crippen LogP contribution in [0.4, 0.5) is 5.69 Å². The first-order valence-corrected chi connectivity index (χ1v) is 11.3. The number of anilines is 1. The van der Waals surface area contributed by atoms with E-state index in [1.165, 1.54) is 52.8 Å². The SMILES string of the molecule is CN1C2CCCC1CC(N1c3ccccc3OC1c1cc3ccccc3s1)C2. The molecule has 0 N–H and O–H groups in total. The number of rotatable bonds is 2. The van der Waals surface area contributed by atoms with E-state index < -0.39 is 0 Å². The summed E-state index contributed by atoms with van der Waals surface area (Å²) >= 11 is 1.88. The Morgan fingerprint density at radius 2 is 1.68 bits per heavy atom. The smallest absolute Gasteiger partial charge is 0.208 e. The number of ether oxygens (including phenoxy) is 1. The monoisotopic (exact) mass is 390 g/mol. The first kappa shape index (κ1) is 16.9. The molecule has 4 heterocycles. The van der Waals surface area contributed by atoms with Crippen molar-refractivity contribution in [3.63, 3.8) is 0 Å². The Morgan fingerprint density at radius 1 is 0.929 bits per heavy atom. The molecule has 2 saturated heterocycles. The highest BCUT2D eigenvalue weighted by atomic mass is 32.1. The number of benzene rings is 2. The lowest BCUT2D eigenvalue weighted by Gasteiger charge is -2.50. The molecule has 0 radical (unpaired) electrons. The van der Waals surface area contributed by atoms with E-state index in [2.05, 4.69) is 71.4 Å². The maximum absolute atomic E-state index is 6.56. The summed E-state index contributed by atoms with van der Waals surface area (Å²) in [6.45, 7) is 0. The lowest BCUT2D eigenvalue weighted by atomic mass is 9.81. The molecule has 3 aliphatic heterocycles. The number of hydrogen-bond donors (Lipinski definition) is 0. The number of para-hydroxylation sites is 2. The van der Waals surface area contributed by atoms with Crippen molar-refractivity contribution in [2.24, 2.45) is 0 Å². The average Bonchev–Trinajstić information content (AvgIpc) is 3.29. The molecule has 3 aliphatic rings. The van der Waals surface area contributed by atoms with Gasteiger partial charge in [0.1, 0.15) is 5.75 Å². The van der Waals surface area contributed by atoms with Crippen molar-refractivity contribution in [3.8, 4) is 5.75 Å². The predicted octanol–water partition coefficient (Wildman–Crippen LogP) is 5.81. The van der Waals surface area contributed by atoms with Gasteiger partial charge in [-0.05, 0) is 62.4 Å². The zero-order chi connectivity index (χ0) is 18.7. The quantitative estimate of drug-likeness (QED) is 0.549. The third-order valence-electron chi connectivity index (χ3n) is 7.03. The van der Waals surface area contributed by atoms with Gasteiger partial charge in [0.2, 0.25) is 6.23 Å². The summed E-state index contributed by atoms with van der Waals surface area (Å²) in [4.78, 5) is 6.58. The highest BCUT2D eigenvalue weighted by Gasteiger charge is 2.44. The molecule has 2 fully saturated rings. The van der Waals surface area contributed by atoms with Crippen LogP contribution in [0.25, 0.3) is 10.1 Å². The van der Waals surface area contributed by atoms with E-state index >= 15 is 0 Å². The zero-order valence-corrected chi connectivity index (χ0v) is 17.1. The van der Waals surface area contributed by atoms with Gasteiger partial charge in [-0.25, -0.2) is 0 Å². The van der Waals surface area contributed by atoms with E-state index in [-0.39, 0.29) is 6.23 Å². The van der Waals surface area contributed by atoms with Crippen molar-refractivity contribution < 1.29 is 4.74 Å². The van der Waals surface area contributed by atoms with E-state index in [0.29, 0.717) is 18.1 Å². The van der Waals surface area contributed by atoms with Crippen LogP contribution in [0.2, 0.25) is 0 Å². The first-order valence-electron chi connectivity index (χ1n) is 10.5. The van der Waals surface area contributed by atoms with Crippen molar-refractivity contribution in [1.29, 1.82) is 0 Å². The van der Waals surface area contributed by atoms with Gasteiger partial charge in [-0.1, -0.05) is 36.8 Å². The van der Waals surface area contributed by atoms with Crippen molar-refractivity contribution in [3.05, 3.63) is 59.5 Å². The second kappa shape index (κ2) is 6.50. The average molecular weight is 391 g/mol. The Morgan fingerprint density at radius 3 is 2.50 bits per heavy atom. The van der Waals surface area contributed by atoms with Gasteiger partial charge in [0.05, 0.1) is 10.6 Å². The molecule has 0 saturated carbocycles. The fourth-order valence-electron chi connectivity index (χ4n) is 5.60. The molecule has 3 nitrogen and oxygen atoms in total. The molecule has 28 heavy (non-hydrogen) atoms. The van der Waals surface area contributed by atoms with E-state index in [9.17, 15) is 0 Å². The standard InChI is InChI=1S/C24H26N2OS/c1-25-17-8-6-9-18(25)15-19(14-17)26-20-10-3-4-11-21(20)27-24(26)23-13-16-7-2-5-12-22(16)28-23/h2-5,7,10-13,17-19,24H,6,8-9,14-15H2,1H3. The summed E-state index contributed by atoms with van der Waals surface area (Å²) in [7, 11) is 2.34. The van der Waals surface area contributed by atoms with Gasteiger partial charge in [0.25, 0.3) is 0 Å². The van der Waals surface area contributed by atoms with E-state index in [1.807, 2.05) is 11.3 Å². The molecule has 3 unspecified atom stereocenters. The maximum Gasteiger partial charge on any atom is 0.208 e. The Labute approximate surface area is 170 Å². The van der Waals surface area contributed by atoms with Crippen LogP contribution in [0, 0.1) is 0 Å². The lowest BCUT2D eigenvalue weighted by molar-refractivity contribution is 0.0484. The fourth-order valence-corrected chi connectivity index (χ4v) is 6.69. The number of piperidine rings is 2. The summed E-state index contributed by atoms with van der Waals surface area (Å²) in [6.07, 6.45) is 6.56. The third-order valence-corrected chi connectivity index (χ3v) is 8.18. The second-order valence-electron chi connectivity index (χ2n) is 8.56. The molecular weight excluding hydrogens is 364 g/mol. The van der Waals surface area contributed by atoms with Crippen LogP contribution >= 0.6 is 11.3 Å². The number of hydrogen-bond acceptors (Lipinski definition) is 4. The van der Waals surface area contributed by atoms with Crippen LogP contribution in [-0.4, -0.2) is 30.1 Å². The molecule has 2 bridgehead atoms. The summed E-state index contributed by atoms with van der Waals surface area (Å²) < 4.78 is 7.90. The largest absolute Gasteiger partial charge is 0.463 e. The molecule has 0 aliphatic carbocycles. The molecule has 4 heteroatoms. The molecule has 2 aromatic carbocycles. The minimum atomic E-state index is 0.00364. The van der Waals surface area contributed by atoms with Gasteiger partial charge in [0.15, 0.2) is 0 Å². The third kappa shape index (κ3) is 2.58. The summed E-state index contributed by atoms with van der Waals surface area (Å²) in [5.74, 6) is 1.04. The van der Waals surface area contributed by atoms with Crippen molar-refractivity contribution >= 4 is 27.1 Å². The normalized spacial score (nSPS) is 29.7. The second-order valence-corrected chi connectivity index (χ2v) is 9.68. The summed E-state index contributed by atoms with van der Waals surface area (Å²) in [5.41, 5.74) is 1.28. The summed E-state index contributed by atoms with van der Waals surface area (Å²) in [6, 6.07) is 21.6. The molecule has 0 amide bonds. The van der Waals surface area contributed by atoms with E-state index in [4.69, 9.17) is 4.74 Å². The van der Waals surface area contributed by atoms with Crippen LogP contribution in [-0.2, 0) is 0 Å². The predicted molar refractivity (Wildman–Crippen MR) is 116 cm³/mol. The Kier molecular flexibility index (Phi) is 3.92. The summed E-state index contributed by atoms with van der Waals surface area (Å²) in [5, 5.41) is 1.32. The van der Waals surface area contributed by atoms with Crippen molar-refractivity contribution in [2.75, 3.05) is 11.9 Å². The molecular formula is C24H26N2OS. The molecule has 6 rings (SSSR count). The van der Waals surface area contributed by atoms with E-state index in [0.717, 1.165) is 5.75 Å².